The maximum atomic E-state index is 12.2. The quantitative estimate of drug-likeness (QED) is 0.259. The fourth-order valence-electron chi connectivity index (χ4n) is 2.37. The average molecular weight is 382 g/mol. The van der Waals surface area contributed by atoms with Gasteiger partial charge in [-0.1, -0.05) is 43.4 Å². The first kappa shape index (κ1) is 19.6. The third kappa shape index (κ3) is 4.90. The lowest BCUT2D eigenvalue weighted by atomic mass is 10.1. The van der Waals surface area contributed by atoms with E-state index in [-0.39, 0.29) is 0 Å². The van der Waals surface area contributed by atoms with Crippen LogP contribution >= 0.6 is 24.0 Å². The summed E-state index contributed by atoms with van der Waals surface area (Å²) < 4.78 is -0.0178. The molecule has 7 nitrogen and oxygen atoms in total. The lowest BCUT2D eigenvalue weighted by Crippen LogP contribution is -2.55. The number of hydrogen-bond donors (Lipinski definition) is 2. The molecule has 0 unspecified atom stereocenters. The van der Waals surface area contributed by atoms with Crippen molar-refractivity contribution in [2.24, 2.45) is 5.10 Å². The number of carbonyl (C=O) groups is 1. The summed E-state index contributed by atoms with van der Waals surface area (Å²) in [4.78, 5) is 16.3. The van der Waals surface area contributed by atoms with Gasteiger partial charge in [-0.25, -0.2) is 9.80 Å². The number of urea groups is 1. The van der Waals surface area contributed by atoms with E-state index >= 15 is 0 Å². The predicted molar refractivity (Wildman–Crippen MR) is 104 cm³/mol. The van der Waals surface area contributed by atoms with Crippen molar-refractivity contribution >= 4 is 40.5 Å². The van der Waals surface area contributed by atoms with Crippen LogP contribution in [0.1, 0.15) is 39.2 Å². The highest BCUT2D eigenvalue weighted by Crippen LogP contribution is 2.42. The van der Waals surface area contributed by atoms with Crippen LogP contribution in [0, 0.1) is 0 Å². The molecule has 2 N–H and O–H groups in total. The zero-order valence-electron chi connectivity index (χ0n) is 14.5. The zero-order valence-corrected chi connectivity index (χ0v) is 16.2. The van der Waals surface area contributed by atoms with E-state index in [1.54, 1.807) is 24.7 Å². The van der Waals surface area contributed by atoms with Crippen LogP contribution in [0.2, 0.25) is 0 Å². The van der Waals surface area contributed by atoms with Crippen molar-refractivity contribution < 1.29 is 10.0 Å². The first-order valence-corrected chi connectivity index (χ1v) is 9.31. The molecule has 1 fully saturated rings. The van der Waals surface area contributed by atoms with E-state index in [0.717, 1.165) is 18.4 Å². The number of unbranched alkanes of at least 4 members (excludes halogenated alkanes) is 1. The monoisotopic (exact) mass is 381 g/mol. The summed E-state index contributed by atoms with van der Waals surface area (Å²) in [7, 11) is 0. The van der Waals surface area contributed by atoms with Gasteiger partial charge in [-0.05, 0) is 26.3 Å². The molecule has 2 heterocycles. The number of aromatic nitrogens is 1. The lowest BCUT2D eigenvalue weighted by Gasteiger charge is -2.34. The molecular weight excluding hydrogens is 358 g/mol. The molecule has 1 aromatic heterocycles. The minimum Gasteiger partial charge on any atom is -0.336 e. The number of carbonyl (C=O) groups excluding carboxylic acids is 1. The number of nitrogens with one attached hydrogen (secondary N) is 1. The van der Waals surface area contributed by atoms with Crippen LogP contribution in [0.3, 0.4) is 0 Å². The molecular formula is C16H23N5O2S2. The van der Waals surface area contributed by atoms with Crippen LogP contribution in [0.4, 0.5) is 4.79 Å². The van der Waals surface area contributed by atoms with E-state index in [1.165, 1.54) is 16.8 Å². The van der Waals surface area contributed by atoms with E-state index in [0.29, 0.717) is 15.9 Å². The number of hydroxylamine groups is 2. The minimum absolute atomic E-state index is 0.496. The summed E-state index contributed by atoms with van der Waals surface area (Å²) in [5.41, 5.74) is 0.802. The van der Waals surface area contributed by atoms with Gasteiger partial charge in [0.1, 0.15) is 0 Å². The molecule has 9 heteroatoms. The van der Waals surface area contributed by atoms with Gasteiger partial charge in [-0.3, -0.25) is 10.2 Å². The Balaban J connectivity index is 2.17. The summed E-state index contributed by atoms with van der Waals surface area (Å²) >= 11 is 6.78. The molecule has 2 rings (SSSR count). The molecule has 136 valence electrons. The van der Waals surface area contributed by atoms with Crippen LogP contribution in [0.15, 0.2) is 29.6 Å². The van der Waals surface area contributed by atoms with E-state index in [2.05, 4.69) is 15.4 Å². The third-order valence-corrected chi connectivity index (χ3v) is 5.19. The van der Waals surface area contributed by atoms with Gasteiger partial charge in [-0.15, -0.1) is 0 Å². The van der Waals surface area contributed by atoms with Crippen LogP contribution in [-0.2, 0) is 0 Å². The van der Waals surface area contributed by atoms with Crippen molar-refractivity contribution in [3.63, 3.8) is 0 Å². The topological polar surface area (TPSA) is 81.1 Å². The highest BCUT2D eigenvalue weighted by molar-refractivity contribution is 8.24. The maximum absolute atomic E-state index is 12.2. The summed E-state index contributed by atoms with van der Waals surface area (Å²) in [6.07, 6.45) is 6.06. The zero-order chi connectivity index (χ0) is 18.4. The molecule has 0 radical (unpaired) electrons. The van der Waals surface area contributed by atoms with Gasteiger partial charge >= 0.3 is 6.03 Å². The normalized spacial score (nSPS) is 19.4. The molecule has 1 atom stereocenters. The number of rotatable bonds is 6. The fourth-order valence-corrected chi connectivity index (χ4v) is 4.16. The van der Waals surface area contributed by atoms with Crippen LogP contribution < -0.4 is 5.32 Å². The van der Waals surface area contributed by atoms with E-state index in [4.69, 9.17) is 12.2 Å². The molecule has 1 aliphatic heterocycles. The first-order chi connectivity index (χ1) is 11.9. The molecule has 1 aromatic rings. The number of thioether (sulfide) groups is 1. The van der Waals surface area contributed by atoms with Crippen molar-refractivity contribution in [2.75, 3.05) is 6.54 Å². The number of amides is 2. The number of thiocarbonyl (C=S) groups is 1. The number of pyridine rings is 1. The molecule has 0 aliphatic carbocycles. The summed E-state index contributed by atoms with van der Waals surface area (Å²) in [5.74, 6) is 0. The maximum Gasteiger partial charge on any atom is 0.343 e. The summed E-state index contributed by atoms with van der Waals surface area (Å²) in [6, 6.07) is 3.11. The highest BCUT2D eigenvalue weighted by atomic mass is 32.2. The van der Waals surface area contributed by atoms with Gasteiger partial charge in [-0.2, -0.15) is 10.2 Å². The summed E-state index contributed by atoms with van der Waals surface area (Å²) in [6.45, 7) is 6.37. The van der Waals surface area contributed by atoms with Crippen LogP contribution in [0.25, 0.3) is 0 Å². The number of hydrogen-bond acceptors (Lipinski definition) is 6. The first-order valence-electron chi connectivity index (χ1n) is 8.09. The molecule has 25 heavy (non-hydrogen) atoms. The molecule has 0 spiro atoms. The van der Waals surface area contributed by atoms with E-state index < -0.39 is 16.9 Å². The Hall–Kier alpha value is -1.71. The fraction of sp³-hybridized carbons (Fsp3) is 0.500. The van der Waals surface area contributed by atoms with Crippen molar-refractivity contribution in [2.45, 2.75) is 44.5 Å². The second-order valence-corrected chi connectivity index (χ2v) is 8.44. The SMILES string of the molecule is CCCCNC(=O)N(O)[C@@H]1N(/N=C\c2cccnc2)C(=S)SC1(C)C. The van der Waals surface area contributed by atoms with Crippen molar-refractivity contribution in [3.8, 4) is 0 Å². The molecule has 2 amide bonds. The Bertz CT molecular complexity index is 639. The Morgan fingerprint density at radius 2 is 2.40 bits per heavy atom. The lowest BCUT2D eigenvalue weighted by molar-refractivity contribution is -0.118. The Morgan fingerprint density at radius 1 is 1.64 bits per heavy atom. The largest absolute Gasteiger partial charge is 0.343 e. The minimum atomic E-state index is -0.709. The van der Waals surface area contributed by atoms with Crippen molar-refractivity contribution in [1.82, 2.24) is 20.4 Å². The van der Waals surface area contributed by atoms with Crippen LogP contribution in [-0.4, -0.2) is 54.3 Å². The predicted octanol–water partition coefficient (Wildman–Crippen LogP) is 3.05. The molecule has 1 aliphatic rings. The smallest absolute Gasteiger partial charge is 0.336 e. The molecule has 0 saturated carbocycles. The second kappa shape index (κ2) is 8.59. The number of nitrogens with zero attached hydrogens (tertiary/aromatic N) is 4. The van der Waals surface area contributed by atoms with Gasteiger partial charge in [0.05, 0.1) is 11.0 Å². The molecule has 0 aromatic carbocycles. The molecule has 1 saturated heterocycles. The van der Waals surface area contributed by atoms with Crippen molar-refractivity contribution in [1.29, 1.82) is 0 Å². The van der Waals surface area contributed by atoms with Crippen molar-refractivity contribution in [3.05, 3.63) is 30.1 Å². The van der Waals surface area contributed by atoms with Gasteiger partial charge in [0.25, 0.3) is 0 Å². The van der Waals surface area contributed by atoms with Gasteiger partial charge < -0.3 is 5.32 Å². The number of hydrazone groups is 1. The standard InChI is InChI=1S/C16H23N5O2S2/c1-4-5-9-18-14(22)21(23)13-16(2,3)25-15(24)20(13)19-11-12-7-6-8-17-10-12/h6-8,10-11,13,23H,4-5,9H2,1-3H3,(H,18,22)/b19-11-/t13-/m0/s1. The third-order valence-electron chi connectivity index (χ3n) is 3.65. The average Bonchev–Trinajstić information content (AvgIpc) is 2.81. The Morgan fingerprint density at radius 3 is 3.04 bits per heavy atom. The van der Waals surface area contributed by atoms with Gasteiger partial charge in [0.2, 0.25) is 0 Å². The van der Waals surface area contributed by atoms with E-state index in [1.807, 2.05) is 26.8 Å². The van der Waals surface area contributed by atoms with E-state index in [9.17, 15) is 10.0 Å². The second-order valence-electron chi connectivity index (χ2n) is 6.15. The molecule has 0 bridgehead atoms. The highest BCUT2D eigenvalue weighted by Gasteiger charge is 2.49. The van der Waals surface area contributed by atoms with Crippen LogP contribution in [0.5, 0.6) is 0 Å². The Kier molecular flexibility index (Phi) is 6.74. The van der Waals surface area contributed by atoms with Gasteiger partial charge in [0.15, 0.2) is 10.5 Å². The van der Waals surface area contributed by atoms with Gasteiger partial charge in [0, 0.05) is 24.5 Å². The Labute approximate surface area is 157 Å². The summed E-state index contributed by atoms with van der Waals surface area (Å²) in [5, 5.41) is 19.7.